The molecule has 1 aliphatic rings. The third-order valence-corrected chi connectivity index (χ3v) is 5.10. The molecule has 0 aliphatic carbocycles. The first-order valence-electron chi connectivity index (χ1n) is 9.18. The Balaban J connectivity index is 1.58. The number of rotatable bonds is 3. The zero-order valence-electron chi connectivity index (χ0n) is 16.1. The van der Waals surface area contributed by atoms with Gasteiger partial charge in [-0.05, 0) is 56.2 Å². The monoisotopic (exact) mass is 372 g/mol. The summed E-state index contributed by atoms with van der Waals surface area (Å²) in [7, 11) is 0. The number of anilines is 1. The van der Waals surface area contributed by atoms with E-state index in [-0.39, 0.29) is 11.8 Å². The maximum absolute atomic E-state index is 12.7. The van der Waals surface area contributed by atoms with Crippen LogP contribution in [-0.4, -0.2) is 22.6 Å². The third kappa shape index (κ3) is 3.16. The molecule has 0 bridgehead atoms. The largest absolute Gasteiger partial charge is 0.334 e. The molecule has 1 atom stereocenters. The van der Waals surface area contributed by atoms with E-state index in [0.717, 1.165) is 22.4 Å². The Morgan fingerprint density at radius 2 is 1.82 bits per heavy atom. The van der Waals surface area contributed by atoms with Gasteiger partial charge in [0.05, 0.1) is 11.6 Å². The normalized spacial score (nSPS) is 16.4. The maximum Gasteiger partial charge on any atom is 0.257 e. The van der Waals surface area contributed by atoms with Gasteiger partial charge in [0.1, 0.15) is 0 Å². The molecule has 1 fully saturated rings. The molecule has 1 aliphatic heterocycles. The molecule has 2 aromatic carbocycles. The van der Waals surface area contributed by atoms with Gasteiger partial charge in [0.2, 0.25) is 5.91 Å². The summed E-state index contributed by atoms with van der Waals surface area (Å²) in [6.07, 6.45) is 0.360. The Kier molecular flexibility index (Phi) is 4.44. The fraction of sp³-hybridized carbons (Fsp3) is 0.273. The van der Waals surface area contributed by atoms with Crippen LogP contribution in [0.15, 0.2) is 40.9 Å². The van der Waals surface area contributed by atoms with Crippen molar-refractivity contribution >= 4 is 11.6 Å². The number of aryl methyl sites for hydroxylation is 3. The molecule has 0 spiro atoms. The van der Waals surface area contributed by atoms with Crippen molar-refractivity contribution < 1.29 is 9.32 Å². The molecule has 3 aromatic rings. The van der Waals surface area contributed by atoms with Crippen molar-refractivity contribution in [3.63, 3.8) is 0 Å². The van der Waals surface area contributed by atoms with Crippen LogP contribution in [0.1, 0.15) is 40.4 Å². The Hall–Kier alpha value is -3.46. The molecule has 2 heterocycles. The van der Waals surface area contributed by atoms with E-state index in [2.05, 4.69) is 35.3 Å². The second-order valence-electron chi connectivity index (χ2n) is 7.30. The van der Waals surface area contributed by atoms with Gasteiger partial charge in [-0.2, -0.15) is 10.2 Å². The highest BCUT2D eigenvalue weighted by Gasteiger charge is 2.35. The van der Waals surface area contributed by atoms with E-state index in [0.29, 0.717) is 30.2 Å². The van der Waals surface area contributed by atoms with Gasteiger partial charge in [0.25, 0.3) is 5.89 Å². The van der Waals surface area contributed by atoms with Gasteiger partial charge in [-0.15, -0.1) is 0 Å². The number of benzene rings is 2. The Bertz CT molecular complexity index is 1070. The van der Waals surface area contributed by atoms with Gasteiger partial charge < -0.3 is 9.42 Å². The highest BCUT2D eigenvalue weighted by Crippen LogP contribution is 2.35. The number of hydrogen-bond donors (Lipinski definition) is 0. The van der Waals surface area contributed by atoms with Crippen LogP contribution in [0, 0.1) is 32.1 Å². The molecule has 140 valence electrons. The van der Waals surface area contributed by atoms with Crippen LogP contribution in [0.5, 0.6) is 0 Å². The molecule has 1 unspecified atom stereocenters. The highest BCUT2D eigenvalue weighted by atomic mass is 16.5. The molecule has 0 N–H and O–H groups in total. The Morgan fingerprint density at radius 3 is 2.46 bits per heavy atom. The smallest absolute Gasteiger partial charge is 0.257 e. The number of nitrogens with zero attached hydrogens (tertiary/aromatic N) is 4. The van der Waals surface area contributed by atoms with Crippen LogP contribution in [0.2, 0.25) is 0 Å². The molecule has 0 radical (unpaired) electrons. The zero-order valence-corrected chi connectivity index (χ0v) is 16.1. The van der Waals surface area contributed by atoms with Crippen molar-refractivity contribution in [2.75, 3.05) is 11.4 Å². The first-order chi connectivity index (χ1) is 13.5. The average Bonchev–Trinajstić information content (AvgIpc) is 3.29. The van der Waals surface area contributed by atoms with Crippen molar-refractivity contribution in [1.29, 1.82) is 5.26 Å². The Labute approximate surface area is 163 Å². The van der Waals surface area contributed by atoms with E-state index in [1.807, 2.05) is 18.7 Å². The standard InChI is InChI=1S/C22H20N4O2/c1-13-8-14(2)20(15(3)9-13)26-12-18(10-19(26)27)21-24-22(28-25-21)17-6-4-16(11-23)5-7-17/h4-9,18H,10,12H2,1-3H3. The van der Waals surface area contributed by atoms with E-state index < -0.39 is 0 Å². The second-order valence-corrected chi connectivity index (χ2v) is 7.30. The van der Waals surface area contributed by atoms with Crippen molar-refractivity contribution in [3.05, 3.63) is 64.5 Å². The number of amides is 1. The summed E-state index contributed by atoms with van der Waals surface area (Å²) in [6.45, 7) is 6.67. The first-order valence-corrected chi connectivity index (χ1v) is 9.18. The fourth-order valence-corrected chi connectivity index (χ4v) is 3.90. The number of carbonyl (C=O) groups is 1. The summed E-state index contributed by atoms with van der Waals surface area (Å²) in [4.78, 5) is 19.0. The molecule has 4 rings (SSSR count). The number of hydrogen-bond acceptors (Lipinski definition) is 5. The quantitative estimate of drug-likeness (QED) is 0.692. The second kappa shape index (κ2) is 6.93. The lowest BCUT2D eigenvalue weighted by Gasteiger charge is -2.22. The third-order valence-electron chi connectivity index (χ3n) is 5.10. The fourth-order valence-electron chi connectivity index (χ4n) is 3.90. The highest BCUT2D eigenvalue weighted by molar-refractivity contribution is 5.97. The maximum atomic E-state index is 12.7. The zero-order chi connectivity index (χ0) is 19.8. The minimum absolute atomic E-state index is 0.0739. The topological polar surface area (TPSA) is 83.0 Å². The van der Waals surface area contributed by atoms with Gasteiger partial charge in [0.15, 0.2) is 5.82 Å². The lowest BCUT2D eigenvalue weighted by Crippen LogP contribution is -2.26. The predicted octanol–water partition coefficient (Wildman–Crippen LogP) is 4.05. The van der Waals surface area contributed by atoms with Gasteiger partial charge in [-0.1, -0.05) is 22.9 Å². The molecule has 6 heteroatoms. The predicted molar refractivity (Wildman–Crippen MR) is 105 cm³/mol. The van der Waals surface area contributed by atoms with E-state index >= 15 is 0 Å². The van der Waals surface area contributed by atoms with Crippen LogP contribution >= 0.6 is 0 Å². The molecule has 6 nitrogen and oxygen atoms in total. The van der Waals surface area contributed by atoms with E-state index in [1.54, 1.807) is 24.3 Å². The van der Waals surface area contributed by atoms with E-state index in [4.69, 9.17) is 9.78 Å². The lowest BCUT2D eigenvalue weighted by atomic mass is 10.0. The summed E-state index contributed by atoms with van der Waals surface area (Å²) >= 11 is 0. The first kappa shape index (κ1) is 17.9. The summed E-state index contributed by atoms with van der Waals surface area (Å²) in [5, 5.41) is 13.0. The summed E-state index contributed by atoms with van der Waals surface area (Å²) in [6, 6.07) is 13.3. The van der Waals surface area contributed by atoms with Crippen LogP contribution in [0.25, 0.3) is 11.5 Å². The van der Waals surface area contributed by atoms with Crippen molar-refractivity contribution in [3.8, 4) is 17.5 Å². The van der Waals surface area contributed by atoms with Gasteiger partial charge in [-0.3, -0.25) is 4.79 Å². The van der Waals surface area contributed by atoms with Crippen molar-refractivity contribution in [2.45, 2.75) is 33.1 Å². The molecular formula is C22H20N4O2. The minimum Gasteiger partial charge on any atom is -0.334 e. The average molecular weight is 372 g/mol. The SMILES string of the molecule is Cc1cc(C)c(N2CC(c3noc(-c4ccc(C#N)cc4)n3)CC2=O)c(C)c1. The van der Waals surface area contributed by atoms with Crippen LogP contribution < -0.4 is 4.90 Å². The molecule has 0 saturated carbocycles. The summed E-state index contributed by atoms with van der Waals surface area (Å²) < 4.78 is 5.40. The molecule has 1 saturated heterocycles. The van der Waals surface area contributed by atoms with Crippen LogP contribution in [0.4, 0.5) is 5.69 Å². The Morgan fingerprint density at radius 1 is 1.14 bits per heavy atom. The van der Waals surface area contributed by atoms with E-state index in [9.17, 15) is 4.79 Å². The van der Waals surface area contributed by atoms with E-state index in [1.165, 1.54) is 5.56 Å². The summed E-state index contributed by atoms with van der Waals surface area (Å²) in [5.74, 6) is 0.902. The minimum atomic E-state index is -0.108. The number of carbonyl (C=O) groups excluding carboxylic acids is 1. The summed E-state index contributed by atoms with van der Waals surface area (Å²) in [5.41, 5.74) is 5.69. The van der Waals surface area contributed by atoms with Crippen LogP contribution in [0.3, 0.4) is 0 Å². The molecular weight excluding hydrogens is 352 g/mol. The van der Waals surface area contributed by atoms with Gasteiger partial charge in [-0.25, -0.2) is 0 Å². The van der Waals surface area contributed by atoms with Crippen molar-refractivity contribution in [2.24, 2.45) is 0 Å². The number of aromatic nitrogens is 2. The van der Waals surface area contributed by atoms with Gasteiger partial charge >= 0.3 is 0 Å². The van der Waals surface area contributed by atoms with Gasteiger partial charge in [0, 0.05) is 30.1 Å². The van der Waals surface area contributed by atoms with Crippen molar-refractivity contribution in [1.82, 2.24) is 10.1 Å². The molecule has 1 amide bonds. The lowest BCUT2D eigenvalue weighted by molar-refractivity contribution is -0.117. The van der Waals surface area contributed by atoms with Crippen LogP contribution in [-0.2, 0) is 4.79 Å². The number of nitriles is 1. The molecule has 28 heavy (non-hydrogen) atoms. The molecule has 1 aromatic heterocycles.